The molecule has 0 bridgehead atoms. The Morgan fingerprint density at radius 2 is 2.30 bits per heavy atom. The van der Waals surface area contributed by atoms with Crippen molar-refractivity contribution in [1.29, 1.82) is 0 Å². The van der Waals surface area contributed by atoms with Gasteiger partial charge in [0.1, 0.15) is 5.84 Å². The number of rotatable bonds is 0. The van der Waals surface area contributed by atoms with E-state index in [-0.39, 0.29) is 0 Å². The Bertz CT molecular complexity index is 211. The molecule has 0 spiro atoms. The molecule has 0 fully saturated rings. The molecular formula is C7H11N3. The smallest absolute Gasteiger partial charge is 0.124 e. The van der Waals surface area contributed by atoms with Crippen LogP contribution in [0.25, 0.3) is 0 Å². The summed E-state index contributed by atoms with van der Waals surface area (Å²) in [4.78, 5) is 7.99. The summed E-state index contributed by atoms with van der Waals surface area (Å²) >= 11 is 0. The van der Waals surface area contributed by atoms with E-state index >= 15 is 0 Å². The molecule has 0 aliphatic carbocycles. The Kier molecular flexibility index (Phi) is 1.68. The number of nitrogens with two attached hydrogens (primary N) is 1. The highest BCUT2D eigenvalue weighted by molar-refractivity contribution is 5.92. The molecule has 0 aromatic heterocycles. The summed E-state index contributed by atoms with van der Waals surface area (Å²) in [5.41, 5.74) is 5.29. The molecule has 2 N–H and O–H groups in total. The van der Waals surface area contributed by atoms with E-state index in [1.807, 2.05) is 19.9 Å². The molecule has 3 nitrogen and oxygen atoms in total. The largest absolute Gasteiger partial charge is 0.318 e. The predicted molar refractivity (Wildman–Crippen MR) is 43.3 cm³/mol. The first-order valence-corrected chi connectivity index (χ1v) is 3.16. The molecule has 0 saturated heterocycles. The molecule has 54 valence electrons. The monoisotopic (exact) mass is 137 g/mol. The Morgan fingerprint density at radius 3 is 3.00 bits per heavy atom. The van der Waals surface area contributed by atoms with Gasteiger partial charge in [-0.15, -0.1) is 0 Å². The second kappa shape index (κ2) is 2.34. The fourth-order valence-electron chi connectivity index (χ4n) is 0.615. The Morgan fingerprint density at radius 1 is 1.60 bits per heavy atom. The Labute approximate surface area is 60.4 Å². The van der Waals surface area contributed by atoms with E-state index in [0.717, 1.165) is 5.84 Å². The predicted octanol–water partition coefficient (Wildman–Crippen LogP) is 0.720. The number of amidine groups is 1. The van der Waals surface area contributed by atoms with Gasteiger partial charge in [-0.25, -0.2) is 9.98 Å². The molecule has 0 radical (unpaired) electrons. The molecule has 0 aromatic rings. The lowest BCUT2D eigenvalue weighted by Gasteiger charge is -2.10. The van der Waals surface area contributed by atoms with Gasteiger partial charge in [-0.05, 0) is 19.9 Å². The second-order valence-corrected chi connectivity index (χ2v) is 2.62. The van der Waals surface area contributed by atoms with Crippen LogP contribution in [0, 0.1) is 0 Å². The number of hydrogen-bond acceptors (Lipinski definition) is 3. The zero-order valence-corrected chi connectivity index (χ0v) is 6.20. The van der Waals surface area contributed by atoms with E-state index in [1.54, 1.807) is 12.4 Å². The molecule has 1 heterocycles. The summed E-state index contributed by atoms with van der Waals surface area (Å²) in [6.45, 7) is 3.71. The SMILES string of the molecule is CC1=NC=CC(C)(N)C=N1. The molecule has 10 heavy (non-hydrogen) atoms. The molecule has 1 unspecified atom stereocenters. The molecule has 0 saturated carbocycles. The van der Waals surface area contributed by atoms with Crippen molar-refractivity contribution in [2.75, 3.05) is 0 Å². The van der Waals surface area contributed by atoms with E-state index < -0.39 is 5.54 Å². The minimum Gasteiger partial charge on any atom is -0.318 e. The first kappa shape index (κ1) is 7.15. The van der Waals surface area contributed by atoms with Gasteiger partial charge < -0.3 is 5.73 Å². The lowest BCUT2D eigenvalue weighted by molar-refractivity contribution is 0.800. The normalized spacial score (nSPS) is 31.7. The zero-order valence-electron chi connectivity index (χ0n) is 6.20. The van der Waals surface area contributed by atoms with E-state index in [4.69, 9.17) is 5.73 Å². The van der Waals surface area contributed by atoms with Crippen LogP contribution in [0.4, 0.5) is 0 Å². The van der Waals surface area contributed by atoms with Gasteiger partial charge in [-0.3, -0.25) is 0 Å². The van der Waals surface area contributed by atoms with Crippen LogP contribution in [-0.2, 0) is 0 Å². The summed E-state index contributed by atoms with van der Waals surface area (Å²) in [6, 6.07) is 0. The molecule has 0 aromatic carbocycles. The molecule has 0 amide bonds. The van der Waals surface area contributed by atoms with Gasteiger partial charge in [-0.1, -0.05) is 0 Å². The van der Waals surface area contributed by atoms with Gasteiger partial charge in [0.25, 0.3) is 0 Å². The maximum Gasteiger partial charge on any atom is 0.124 e. The van der Waals surface area contributed by atoms with Crippen molar-refractivity contribution in [3.63, 3.8) is 0 Å². The van der Waals surface area contributed by atoms with Gasteiger partial charge in [0.05, 0.1) is 5.54 Å². The molecule has 1 rings (SSSR count). The van der Waals surface area contributed by atoms with Gasteiger partial charge in [0, 0.05) is 12.4 Å². The average Bonchev–Trinajstić information content (AvgIpc) is 1.94. The van der Waals surface area contributed by atoms with E-state index in [2.05, 4.69) is 9.98 Å². The molecule has 1 atom stereocenters. The minimum atomic E-state index is -0.443. The first-order valence-electron chi connectivity index (χ1n) is 3.16. The van der Waals surface area contributed by atoms with Gasteiger partial charge >= 0.3 is 0 Å². The van der Waals surface area contributed by atoms with Crippen molar-refractivity contribution in [3.05, 3.63) is 12.3 Å². The van der Waals surface area contributed by atoms with Crippen molar-refractivity contribution in [3.8, 4) is 0 Å². The third-order valence-corrected chi connectivity index (χ3v) is 1.22. The van der Waals surface area contributed by atoms with Crippen LogP contribution < -0.4 is 5.73 Å². The molecular weight excluding hydrogens is 126 g/mol. The quantitative estimate of drug-likeness (QED) is 0.525. The average molecular weight is 137 g/mol. The third kappa shape index (κ3) is 1.77. The highest BCUT2D eigenvalue weighted by Gasteiger charge is 2.11. The van der Waals surface area contributed by atoms with Crippen molar-refractivity contribution in [2.24, 2.45) is 15.7 Å². The van der Waals surface area contributed by atoms with Gasteiger partial charge in [-0.2, -0.15) is 0 Å². The topological polar surface area (TPSA) is 50.7 Å². The lowest BCUT2D eigenvalue weighted by Crippen LogP contribution is -2.35. The summed E-state index contributed by atoms with van der Waals surface area (Å²) in [5, 5.41) is 0. The minimum absolute atomic E-state index is 0.443. The number of hydrogen-bond donors (Lipinski definition) is 1. The van der Waals surface area contributed by atoms with Crippen molar-refractivity contribution in [1.82, 2.24) is 0 Å². The number of nitrogens with zero attached hydrogens (tertiary/aromatic N) is 2. The first-order chi connectivity index (χ1) is 4.60. The summed E-state index contributed by atoms with van der Waals surface area (Å²) in [7, 11) is 0. The second-order valence-electron chi connectivity index (χ2n) is 2.62. The van der Waals surface area contributed by atoms with Crippen molar-refractivity contribution in [2.45, 2.75) is 19.4 Å². The van der Waals surface area contributed by atoms with Crippen molar-refractivity contribution >= 4 is 12.1 Å². The maximum atomic E-state index is 5.73. The van der Waals surface area contributed by atoms with Crippen LogP contribution in [0.3, 0.4) is 0 Å². The lowest BCUT2D eigenvalue weighted by atomic mass is 10.1. The van der Waals surface area contributed by atoms with Crippen LogP contribution in [0.5, 0.6) is 0 Å². The summed E-state index contributed by atoms with van der Waals surface area (Å²) < 4.78 is 0. The number of aliphatic imine (C=N–C) groups is 2. The van der Waals surface area contributed by atoms with Gasteiger partial charge in [0.15, 0.2) is 0 Å². The van der Waals surface area contributed by atoms with Crippen LogP contribution in [0.15, 0.2) is 22.3 Å². The van der Waals surface area contributed by atoms with Crippen LogP contribution in [0.2, 0.25) is 0 Å². The highest BCUT2D eigenvalue weighted by atomic mass is 14.9. The molecule has 1 aliphatic heterocycles. The van der Waals surface area contributed by atoms with Crippen LogP contribution >= 0.6 is 0 Å². The van der Waals surface area contributed by atoms with E-state index in [9.17, 15) is 0 Å². The maximum absolute atomic E-state index is 5.73. The van der Waals surface area contributed by atoms with Gasteiger partial charge in [0.2, 0.25) is 0 Å². The van der Waals surface area contributed by atoms with Crippen LogP contribution in [0.1, 0.15) is 13.8 Å². The summed E-state index contributed by atoms with van der Waals surface area (Å²) in [6.07, 6.45) is 5.19. The van der Waals surface area contributed by atoms with Crippen molar-refractivity contribution < 1.29 is 0 Å². The zero-order chi connectivity index (χ0) is 7.61. The Hall–Kier alpha value is -0.960. The molecule has 1 aliphatic rings. The highest BCUT2D eigenvalue weighted by Crippen LogP contribution is 2.01. The fraction of sp³-hybridized carbons (Fsp3) is 0.429. The molecule has 3 heteroatoms. The van der Waals surface area contributed by atoms with E-state index in [0.29, 0.717) is 0 Å². The third-order valence-electron chi connectivity index (χ3n) is 1.22. The standard InChI is InChI=1S/C7H11N3/c1-6-9-4-3-7(2,8)5-10-6/h3-5H,8H2,1-2H3. The fourth-order valence-corrected chi connectivity index (χ4v) is 0.615. The van der Waals surface area contributed by atoms with E-state index in [1.165, 1.54) is 0 Å². The van der Waals surface area contributed by atoms with Crippen LogP contribution in [-0.4, -0.2) is 17.6 Å². The Balaban J connectivity index is 2.88. The summed E-state index contributed by atoms with van der Waals surface area (Å²) in [5.74, 6) is 0.741.